The first-order valence-electron chi connectivity index (χ1n) is 5.26. The Labute approximate surface area is 101 Å². The average molecular weight is 244 g/mol. The van der Waals surface area contributed by atoms with Gasteiger partial charge in [0.05, 0.1) is 0 Å². The fraction of sp³-hybridized carbons (Fsp3) is 0.500. The van der Waals surface area contributed by atoms with E-state index in [4.69, 9.17) is 16.3 Å². The molecular weight excluding hydrogens is 226 g/mol. The number of halogens is 1. The molecule has 0 aliphatic heterocycles. The van der Waals surface area contributed by atoms with Crippen LogP contribution in [0.15, 0.2) is 12.1 Å². The van der Waals surface area contributed by atoms with Crippen LogP contribution in [0.4, 0.5) is 0 Å². The Kier molecular flexibility index (Phi) is 5.06. The van der Waals surface area contributed by atoms with Crippen LogP contribution in [-0.4, -0.2) is 31.4 Å². The minimum Gasteiger partial charge on any atom is -0.490 e. The molecule has 90 valence electrons. The van der Waals surface area contributed by atoms with Crippen LogP contribution in [0.3, 0.4) is 0 Å². The predicted molar refractivity (Wildman–Crippen MR) is 66.4 cm³/mol. The maximum absolute atomic E-state index is 9.53. The normalized spacial score (nSPS) is 12.6. The number of rotatable bonds is 5. The molecule has 0 aromatic heterocycles. The summed E-state index contributed by atoms with van der Waals surface area (Å²) in [6, 6.07) is 3.71. The number of hydrogen-bond donors (Lipinski definition) is 2. The molecule has 0 aliphatic rings. The summed E-state index contributed by atoms with van der Waals surface area (Å²) >= 11 is 5.92. The van der Waals surface area contributed by atoms with Crippen molar-refractivity contribution in [2.24, 2.45) is 0 Å². The van der Waals surface area contributed by atoms with Gasteiger partial charge in [0.1, 0.15) is 18.5 Å². The highest BCUT2D eigenvalue weighted by Gasteiger charge is 2.08. The first-order chi connectivity index (χ1) is 7.54. The fourth-order valence-corrected chi connectivity index (χ4v) is 1.93. The molecule has 0 saturated carbocycles. The van der Waals surface area contributed by atoms with Gasteiger partial charge in [-0.05, 0) is 44.2 Å². The van der Waals surface area contributed by atoms with Gasteiger partial charge in [-0.3, -0.25) is 0 Å². The van der Waals surface area contributed by atoms with Crippen molar-refractivity contribution in [1.29, 1.82) is 0 Å². The van der Waals surface area contributed by atoms with E-state index in [2.05, 4.69) is 5.32 Å². The maximum atomic E-state index is 9.53. The Hall–Kier alpha value is -0.770. The number of likely N-dealkylation sites (N-methyl/N-ethyl adjacent to an activating group) is 1. The summed E-state index contributed by atoms with van der Waals surface area (Å²) in [7, 11) is 1.79. The zero-order valence-electron chi connectivity index (χ0n) is 9.88. The smallest absolute Gasteiger partial charge is 0.125 e. The van der Waals surface area contributed by atoms with Gasteiger partial charge in [-0.25, -0.2) is 0 Å². The number of ether oxygens (including phenoxy) is 1. The van der Waals surface area contributed by atoms with E-state index in [1.54, 1.807) is 7.05 Å². The van der Waals surface area contributed by atoms with E-state index in [0.29, 0.717) is 11.6 Å². The van der Waals surface area contributed by atoms with Crippen LogP contribution in [-0.2, 0) is 0 Å². The summed E-state index contributed by atoms with van der Waals surface area (Å²) in [5, 5.41) is 13.1. The molecule has 0 bridgehead atoms. The predicted octanol–water partition coefficient (Wildman–Crippen LogP) is 1.92. The van der Waals surface area contributed by atoms with E-state index in [1.165, 1.54) is 0 Å². The van der Waals surface area contributed by atoms with Crippen molar-refractivity contribution in [3.8, 4) is 5.75 Å². The van der Waals surface area contributed by atoms with Crippen molar-refractivity contribution >= 4 is 11.6 Å². The Bertz CT molecular complexity index is 332. The van der Waals surface area contributed by atoms with Crippen LogP contribution in [0, 0.1) is 13.8 Å². The Balaban J connectivity index is 2.67. The van der Waals surface area contributed by atoms with Crippen molar-refractivity contribution < 1.29 is 9.84 Å². The first-order valence-corrected chi connectivity index (χ1v) is 5.64. The van der Waals surface area contributed by atoms with Crippen LogP contribution >= 0.6 is 11.6 Å². The summed E-state index contributed by atoms with van der Waals surface area (Å²) in [5.41, 5.74) is 1.98. The second kappa shape index (κ2) is 6.09. The SMILES string of the molecule is CNCC(O)COc1c(C)cc(Cl)cc1C. The number of aliphatic hydroxyl groups excluding tert-OH is 1. The topological polar surface area (TPSA) is 41.5 Å². The van der Waals surface area contributed by atoms with Crippen molar-refractivity contribution in [1.82, 2.24) is 5.32 Å². The van der Waals surface area contributed by atoms with Crippen LogP contribution in [0.2, 0.25) is 5.02 Å². The summed E-state index contributed by atoms with van der Waals surface area (Å²) in [5.74, 6) is 0.805. The second-order valence-corrected chi connectivity index (χ2v) is 4.33. The molecule has 0 radical (unpaired) electrons. The number of hydrogen-bond acceptors (Lipinski definition) is 3. The van der Waals surface area contributed by atoms with Gasteiger partial charge in [0.15, 0.2) is 0 Å². The molecule has 0 saturated heterocycles. The highest BCUT2D eigenvalue weighted by atomic mass is 35.5. The molecule has 1 atom stereocenters. The zero-order valence-corrected chi connectivity index (χ0v) is 10.6. The van der Waals surface area contributed by atoms with E-state index >= 15 is 0 Å². The maximum Gasteiger partial charge on any atom is 0.125 e. The lowest BCUT2D eigenvalue weighted by Gasteiger charge is -2.15. The molecule has 1 aromatic rings. The molecule has 16 heavy (non-hydrogen) atoms. The van der Waals surface area contributed by atoms with Crippen LogP contribution in [0.25, 0.3) is 0 Å². The number of aliphatic hydroxyl groups is 1. The van der Waals surface area contributed by atoms with Gasteiger partial charge in [-0.1, -0.05) is 11.6 Å². The minimum absolute atomic E-state index is 0.282. The Morgan fingerprint density at radius 1 is 1.38 bits per heavy atom. The molecule has 0 spiro atoms. The number of nitrogens with one attached hydrogen (secondary N) is 1. The standard InChI is InChI=1S/C12H18ClNO2/c1-8-4-10(13)5-9(2)12(8)16-7-11(15)6-14-3/h4-5,11,14-15H,6-7H2,1-3H3. The molecule has 0 amide bonds. The largest absolute Gasteiger partial charge is 0.490 e. The Morgan fingerprint density at radius 2 is 1.94 bits per heavy atom. The summed E-state index contributed by atoms with van der Waals surface area (Å²) in [6.45, 7) is 4.69. The third-order valence-electron chi connectivity index (χ3n) is 2.28. The van der Waals surface area contributed by atoms with Gasteiger partial charge in [-0.15, -0.1) is 0 Å². The van der Waals surface area contributed by atoms with Gasteiger partial charge in [0, 0.05) is 11.6 Å². The summed E-state index contributed by atoms with van der Waals surface area (Å²) in [4.78, 5) is 0. The van der Waals surface area contributed by atoms with Crippen molar-refractivity contribution in [2.75, 3.05) is 20.2 Å². The molecule has 4 heteroatoms. The molecule has 0 aliphatic carbocycles. The van der Waals surface area contributed by atoms with E-state index in [-0.39, 0.29) is 6.61 Å². The van der Waals surface area contributed by atoms with Gasteiger partial charge in [0.25, 0.3) is 0 Å². The zero-order chi connectivity index (χ0) is 12.1. The van der Waals surface area contributed by atoms with E-state index in [0.717, 1.165) is 16.9 Å². The molecule has 0 heterocycles. The number of benzene rings is 1. The molecule has 2 N–H and O–H groups in total. The molecule has 0 fully saturated rings. The second-order valence-electron chi connectivity index (χ2n) is 3.89. The van der Waals surface area contributed by atoms with Crippen LogP contribution in [0.1, 0.15) is 11.1 Å². The molecular formula is C12H18ClNO2. The highest BCUT2D eigenvalue weighted by molar-refractivity contribution is 6.30. The molecule has 1 unspecified atom stereocenters. The third-order valence-corrected chi connectivity index (χ3v) is 2.50. The van der Waals surface area contributed by atoms with E-state index < -0.39 is 6.10 Å². The average Bonchev–Trinajstić information content (AvgIpc) is 2.16. The fourth-order valence-electron chi connectivity index (χ4n) is 1.60. The quantitative estimate of drug-likeness (QED) is 0.830. The molecule has 1 rings (SSSR count). The summed E-state index contributed by atoms with van der Waals surface area (Å²) < 4.78 is 5.59. The number of aryl methyl sites for hydroxylation is 2. The lowest BCUT2D eigenvalue weighted by atomic mass is 10.1. The highest BCUT2D eigenvalue weighted by Crippen LogP contribution is 2.26. The molecule has 1 aromatic carbocycles. The minimum atomic E-state index is -0.500. The Morgan fingerprint density at radius 3 is 2.44 bits per heavy atom. The van der Waals surface area contributed by atoms with Gasteiger partial charge >= 0.3 is 0 Å². The van der Waals surface area contributed by atoms with Gasteiger partial charge < -0.3 is 15.2 Å². The monoisotopic (exact) mass is 243 g/mol. The lowest BCUT2D eigenvalue weighted by molar-refractivity contribution is 0.107. The van der Waals surface area contributed by atoms with Gasteiger partial charge in [-0.2, -0.15) is 0 Å². The third kappa shape index (κ3) is 3.67. The van der Waals surface area contributed by atoms with Crippen LogP contribution < -0.4 is 10.1 Å². The summed E-state index contributed by atoms with van der Waals surface area (Å²) in [6.07, 6.45) is -0.500. The van der Waals surface area contributed by atoms with E-state index in [1.807, 2.05) is 26.0 Å². The van der Waals surface area contributed by atoms with Crippen molar-refractivity contribution in [2.45, 2.75) is 20.0 Å². The van der Waals surface area contributed by atoms with Crippen molar-refractivity contribution in [3.05, 3.63) is 28.3 Å². The van der Waals surface area contributed by atoms with Gasteiger partial charge in [0.2, 0.25) is 0 Å². The first kappa shape index (κ1) is 13.3. The van der Waals surface area contributed by atoms with Crippen molar-refractivity contribution in [3.63, 3.8) is 0 Å². The van der Waals surface area contributed by atoms with E-state index in [9.17, 15) is 5.11 Å². The van der Waals surface area contributed by atoms with Crippen LogP contribution in [0.5, 0.6) is 5.75 Å². The molecule has 3 nitrogen and oxygen atoms in total. The lowest BCUT2D eigenvalue weighted by Crippen LogP contribution is -2.29.